The molecule has 0 unspecified atom stereocenters. The van der Waals surface area contributed by atoms with Gasteiger partial charge >= 0.3 is 0 Å². The van der Waals surface area contributed by atoms with Gasteiger partial charge in [0.15, 0.2) is 0 Å². The first-order chi connectivity index (χ1) is 14.0. The second kappa shape index (κ2) is 8.18. The highest BCUT2D eigenvalue weighted by molar-refractivity contribution is 7.20. The number of amides is 1. The van der Waals surface area contributed by atoms with Crippen LogP contribution in [-0.2, 0) is 11.3 Å². The van der Waals surface area contributed by atoms with Crippen molar-refractivity contribution in [1.29, 1.82) is 0 Å². The predicted octanol–water partition coefficient (Wildman–Crippen LogP) is 3.38. The van der Waals surface area contributed by atoms with Crippen molar-refractivity contribution < 1.29 is 19.0 Å². The van der Waals surface area contributed by atoms with E-state index in [1.54, 1.807) is 17.0 Å². The first kappa shape index (κ1) is 19.4. The highest BCUT2D eigenvalue weighted by Gasteiger charge is 2.23. The van der Waals surface area contributed by atoms with E-state index in [9.17, 15) is 9.18 Å². The minimum atomic E-state index is -0.516. The lowest BCUT2D eigenvalue weighted by Gasteiger charge is -2.37. The molecule has 4 rings (SSSR count). The summed E-state index contributed by atoms with van der Waals surface area (Å²) in [4.78, 5) is 19.5. The third-order valence-electron chi connectivity index (χ3n) is 4.81. The Bertz CT molecular complexity index is 1040. The maximum Gasteiger partial charge on any atom is 0.279 e. The number of aliphatic hydroxyl groups excluding tert-OH is 1. The molecule has 2 aromatic carbocycles. The second-order valence-electron chi connectivity index (χ2n) is 6.76. The molecule has 0 radical (unpaired) electrons. The van der Waals surface area contributed by atoms with Crippen molar-refractivity contribution in [2.45, 2.75) is 6.54 Å². The molecule has 1 aromatic heterocycles. The second-order valence-corrected chi connectivity index (χ2v) is 7.76. The van der Waals surface area contributed by atoms with Crippen LogP contribution in [0.3, 0.4) is 0 Å². The molecule has 0 aliphatic carbocycles. The lowest BCUT2D eigenvalue weighted by molar-refractivity contribution is -0.135. The van der Waals surface area contributed by atoms with Gasteiger partial charge in [0.2, 0.25) is 5.91 Å². The fourth-order valence-electron chi connectivity index (χ4n) is 3.22. The van der Waals surface area contributed by atoms with Crippen molar-refractivity contribution >= 4 is 27.5 Å². The number of carbonyl (C=O) groups is 1. The highest BCUT2D eigenvalue weighted by Crippen LogP contribution is 2.32. The monoisotopic (exact) mass is 413 g/mol. The number of ether oxygens (including phenoxy) is 1. The molecule has 1 fully saturated rings. The molecule has 1 amide bonds. The Hall–Kier alpha value is -2.97. The first-order valence-electron chi connectivity index (χ1n) is 9.16. The smallest absolute Gasteiger partial charge is 0.279 e. The van der Waals surface area contributed by atoms with E-state index in [1.165, 1.54) is 17.4 Å². The fraction of sp³-hybridized carbons (Fsp3) is 0.238. The number of thiazole rings is 1. The fourth-order valence-corrected chi connectivity index (χ4v) is 4.06. The van der Waals surface area contributed by atoms with Crippen molar-refractivity contribution in [2.75, 3.05) is 26.2 Å². The van der Waals surface area contributed by atoms with Gasteiger partial charge < -0.3 is 19.6 Å². The number of hydrogen-bond acceptors (Lipinski definition) is 6. The van der Waals surface area contributed by atoms with Crippen LogP contribution in [0, 0.1) is 5.82 Å². The number of piperazine rings is 1. The number of aromatic nitrogens is 1. The molecule has 2 heterocycles. The number of para-hydroxylation sites is 1. The van der Waals surface area contributed by atoms with Crippen LogP contribution in [0.5, 0.6) is 10.9 Å². The molecule has 6 nitrogen and oxygen atoms in total. The third-order valence-corrected chi connectivity index (χ3v) is 5.73. The molecule has 1 aliphatic rings. The Morgan fingerprint density at radius 1 is 1.28 bits per heavy atom. The van der Waals surface area contributed by atoms with Crippen molar-refractivity contribution in [3.63, 3.8) is 0 Å². The molecule has 1 aliphatic heterocycles. The molecule has 8 heteroatoms. The van der Waals surface area contributed by atoms with Gasteiger partial charge in [-0.1, -0.05) is 36.1 Å². The maximum absolute atomic E-state index is 14.6. The topological polar surface area (TPSA) is 65.9 Å². The van der Waals surface area contributed by atoms with Crippen molar-refractivity contribution in [3.8, 4) is 10.9 Å². The van der Waals surface area contributed by atoms with Crippen LogP contribution in [0.25, 0.3) is 10.2 Å². The SMILES string of the molecule is C=C1CN(C(=O)CO)CCN1Cc1ccc(Oc2nc3ccccc3s2)cc1F. The number of carbonyl (C=O) groups excluding carboxylic acids is 1. The van der Waals surface area contributed by atoms with E-state index < -0.39 is 6.61 Å². The standard InChI is InChI=1S/C21H20FN3O3S/c1-14-11-25(20(27)13-26)9-8-24(14)12-15-6-7-16(10-17(15)22)28-21-23-18-4-2-3-5-19(18)29-21/h2-7,10,26H,1,8-9,11-13H2. The summed E-state index contributed by atoms with van der Waals surface area (Å²) in [6, 6.07) is 12.5. The number of nitrogens with zero attached hydrogens (tertiary/aromatic N) is 3. The van der Waals surface area contributed by atoms with E-state index in [0.29, 0.717) is 48.4 Å². The molecular weight excluding hydrogens is 393 g/mol. The van der Waals surface area contributed by atoms with Crippen LogP contribution in [-0.4, -0.2) is 52.0 Å². The Balaban J connectivity index is 1.42. The van der Waals surface area contributed by atoms with Gasteiger partial charge in [-0.15, -0.1) is 0 Å². The molecular formula is C21H20FN3O3S. The van der Waals surface area contributed by atoms with Crippen LogP contribution in [0.4, 0.5) is 4.39 Å². The lowest BCUT2D eigenvalue weighted by Crippen LogP contribution is -2.47. The van der Waals surface area contributed by atoms with E-state index in [4.69, 9.17) is 9.84 Å². The van der Waals surface area contributed by atoms with Gasteiger partial charge in [0.25, 0.3) is 5.19 Å². The average molecular weight is 413 g/mol. The Morgan fingerprint density at radius 3 is 2.83 bits per heavy atom. The minimum absolute atomic E-state index is 0.326. The summed E-state index contributed by atoms with van der Waals surface area (Å²) in [5, 5.41) is 9.45. The zero-order valence-electron chi connectivity index (χ0n) is 15.7. The molecule has 0 spiro atoms. The highest BCUT2D eigenvalue weighted by atomic mass is 32.1. The van der Waals surface area contributed by atoms with Gasteiger partial charge in [0.05, 0.1) is 16.8 Å². The quantitative estimate of drug-likeness (QED) is 0.695. The van der Waals surface area contributed by atoms with Gasteiger partial charge in [-0.25, -0.2) is 9.37 Å². The number of halogens is 1. The number of fused-ring (bicyclic) bond motifs is 1. The Kier molecular flexibility index (Phi) is 5.46. The summed E-state index contributed by atoms with van der Waals surface area (Å²) >= 11 is 1.41. The predicted molar refractivity (Wildman–Crippen MR) is 109 cm³/mol. The average Bonchev–Trinajstić information content (AvgIpc) is 3.13. The van der Waals surface area contributed by atoms with Crippen LogP contribution < -0.4 is 4.74 Å². The van der Waals surface area contributed by atoms with Gasteiger partial charge in [-0.3, -0.25) is 4.79 Å². The van der Waals surface area contributed by atoms with Gasteiger partial charge in [-0.2, -0.15) is 0 Å². The van der Waals surface area contributed by atoms with E-state index in [-0.39, 0.29) is 11.7 Å². The zero-order chi connectivity index (χ0) is 20.4. The van der Waals surface area contributed by atoms with E-state index in [2.05, 4.69) is 11.6 Å². The number of aliphatic hydroxyl groups is 1. The van der Waals surface area contributed by atoms with Gasteiger partial charge in [0.1, 0.15) is 18.2 Å². The summed E-state index contributed by atoms with van der Waals surface area (Å²) in [6.07, 6.45) is 0. The van der Waals surface area contributed by atoms with Crippen molar-refractivity contribution in [1.82, 2.24) is 14.8 Å². The first-order valence-corrected chi connectivity index (χ1v) is 9.98. The van der Waals surface area contributed by atoms with Crippen LogP contribution in [0.15, 0.2) is 54.7 Å². The van der Waals surface area contributed by atoms with Crippen LogP contribution in [0.1, 0.15) is 5.56 Å². The van der Waals surface area contributed by atoms with Crippen molar-refractivity contribution in [3.05, 3.63) is 66.1 Å². The summed E-state index contributed by atoms with van der Waals surface area (Å²) in [6.45, 7) is 5.16. The molecule has 3 aromatic rings. The normalized spacial score (nSPS) is 14.5. The Morgan fingerprint density at radius 2 is 2.10 bits per heavy atom. The molecule has 1 saturated heterocycles. The van der Waals surface area contributed by atoms with Crippen molar-refractivity contribution in [2.24, 2.45) is 0 Å². The molecule has 0 bridgehead atoms. The van der Waals surface area contributed by atoms with E-state index >= 15 is 0 Å². The summed E-state index contributed by atoms with van der Waals surface area (Å²) in [5.41, 5.74) is 2.08. The zero-order valence-corrected chi connectivity index (χ0v) is 16.5. The molecule has 29 heavy (non-hydrogen) atoms. The van der Waals surface area contributed by atoms with E-state index in [0.717, 1.165) is 10.2 Å². The molecule has 0 saturated carbocycles. The summed E-state index contributed by atoms with van der Waals surface area (Å²) in [7, 11) is 0. The van der Waals surface area contributed by atoms with Crippen LogP contribution >= 0.6 is 11.3 Å². The van der Waals surface area contributed by atoms with Gasteiger partial charge in [0, 0.05) is 37.0 Å². The molecule has 0 atom stereocenters. The lowest BCUT2D eigenvalue weighted by atomic mass is 10.1. The minimum Gasteiger partial charge on any atom is -0.431 e. The summed E-state index contributed by atoms with van der Waals surface area (Å²) < 4.78 is 21.4. The summed E-state index contributed by atoms with van der Waals surface area (Å²) in [5.74, 6) is -0.305. The maximum atomic E-state index is 14.6. The Labute approximate surface area is 171 Å². The number of rotatable bonds is 5. The number of hydrogen-bond donors (Lipinski definition) is 1. The van der Waals surface area contributed by atoms with Crippen LogP contribution in [0.2, 0.25) is 0 Å². The largest absolute Gasteiger partial charge is 0.431 e. The third kappa shape index (κ3) is 4.23. The molecule has 150 valence electrons. The van der Waals surface area contributed by atoms with Gasteiger partial charge in [-0.05, 0) is 18.2 Å². The number of benzene rings is 2. The molecule has 1 N–H and O–H groups in total. The van der Waals surface area contributed by atoms with E-state index in [1.807, 2.05) is 29.2 Å².